The Bertz CT molecular complexity index is 1220. The number of nitrogens with one attached hydrogen (secondary N) is 2. The number of carbonyl (C=O) groups excluding carboxylic acids is 2. The number of hydrogen-bond acceptors (Lipinski definition) is 4. The first kappa shape index (κ1) is 22.5. The van der Waals surface area contributed by atoms with Gasteiger partial charge in [-0.05, 0) is 63.9 Å². The Kier molecular flexibility index (Phi) is 6.14. The van der Waals surface area contributed by atoms with Crippen LogP contribution in [0.25, 0.3) is 5.69 Å². The Morgan fingerprint density at radius 3 is 2.27 bits per heavy atom. The molecule has 0 atom stereocenters. The summed E-state index contributed by atoms with van der Waals surface area (Å²) < 4.78 is 13.3. The van der Waals surface area contributed by atoms with Crippen LogP contribution >= 0.6 is 0 Å². The lowest BCUT2D eigenvalue weighted by Gasteiger charge is -2.20. The number of rotatable bonds is 5. The van der Waals surface area contributed by atoms with Gasteiger partial charge in [0.2, 0.25) is 5.91 Å². The van der Waals surface area contributed by atoms with Gasteiger partial charge in [0, 0.05) is 28.8 Å². The van der Waals surface area contributed by atoms with Gasteiger partial charge < -0.3 is 24.7 Å². The number of nitrogens with zero attached hydrogens (tertiary/aromatic N) is 1. The van der Waals surface area contributed by atoms with E-state index in [1.807, 2.05) is 75.6 Å². The molecule has 33 heavy (non-hydrogen) atoms. The highest BCUT2D eigenvalue weighted by Crippen LogP contribution is 2.33. The molecule has 1 aliphatic rings. The second kappa shape index (κ2) is 9.02. The van der Waals surface area contributed by atoms with Crippen molar-refractivity contribution in [1.82, 2.24) is 9.88 Å². The highest BCUT2D eigenvalue weighted by molar-refractivity contribution is 6.00. The fraction of sp³-hybridized carbons (Fsp3) is 0.308. The zero-order valence-electron chi connectivity index (χ0n) is 19.7. The van der Waals surface area contributed by atoms with E-state index in [9.17, 15) is 9.59 Å². The smallest absolute Gasteiger partial charge is 0.253 e. The third-order valence-corrected chi connectivity index (χ3v) is 5.81. The molecule has 3 aromatic rings. The Morgan fingerprint density at radius 2 is 1.58 bits per heavy atom. The summed E-state index contributed by atoms with van der Waals surface area (Å²) >= 11 is 0. The van der Waals surface area contributed by atoms with Crippen molar-refractivity contribution >= 4 is 17.5 Å². The van der Waals surface area contributed by atoms with E-state index in [1.54, 1.807) is 0 Å². The summed E-state index contributed by atoms with van der Waals surface area (Å²) in [6.45, 7) is 10.7. The number of aryl methyl sites for hydroxylation is 4. The van der Waals surface area contributed by atoms with Gasteiger partial charge >= 0.3 is 0 Å². The van der Waals surface area contributed by atoms with Crippen LogP contribution in [-0.2, 0) is 4.79 Å². The Morgan fingerprint density at radius 1 is 0.909 bits per heavy atom. The molecule has 2 amide bonds. The molecule has 0 spiro atoms. The molecule has 0 saturated heterocycles. The van der Waals surface area contributed by atoms with Gasteiger partial charge in [0.1, 0.15) is 13.2 Å². The van der Waals surface area contributed by atoms with Crippen LogP contribution in [0.1, 0.15) is 38.4 Å². The number of carbonyl (C=O) groups is 2. The summed E-state index contributed by atoms with van der Waals surface area (Å²) in [5.41, 5.74) is 7.03. The highest BCUT2D eigenvalue weighted by Gasteiger charge is 2.19. The summed E-state index contributed by atoms with van der Waals surface area (Å²) in [5, 5.41) is 5.66. The SMILES string of the molecule is Cc1cc(C)c(NC(=O)CNC(=O)c2cc(C)n(-c3ccc4c(c3)OCCO4)c2C)c(C)c1. The summed E-state index contributed by atoms with van der Waals surface area (Å²) in [6.07, 6.45) is 0. The minimum absolute atomic E-state index is 0.112. The van der Waals surface area contributed by atoms with Crippen LogP contribution < -0.4 is 20.1 Å². The van der Waals surface area contributed by atoms with E-state index in [0.29, 0.717) is 24.5 Å². The van der Waals surface area contributed by atoms with Crippen molar-refractivity contribution in [3.63, 3.8) is 0 Å². The Balaban J connectivity index is 1.47. The first-order valence-corrected chi connectivity index (χ1v) is 11.0. The summed E-state index contributed by atoms with van der Waals surface area (Å²) in [5.74, 6) is 0.851. The van der Waals surface area contributed by atoms with Crippen molar-refractivity contribution in [2.75, 3.05) is 25.1 Å². The molecule has 172 valence electrons. The van der Waals surface area contributed by atoms with Crippen LogP contribution in [0, 0.1) is 34.6 Å². The number of hydrogen-bond donors (Lipinski definition) is 2. The number of anilines is 1. The maximum absolute atomic E-state index is 12.9. The molecule has 1 aromatic heterocycles. The molecule has 0 saturated carbocycles. The topological polar surface area (TPSA) is 81.6 Å². The number of aromatic nitrogens is 1. The lowest BCUT2D eigenvalue weighted by Crippen LogP contribution is -2.33. The fourth-order valence-electron chi connectivity index (χ4n) is 4.38. The second-order valence-corrected chi connectivity index (χ2v) is 8.45. The summed E-state index contributed by atoms with van der Waals surface area (Å²) in [7, 11) is 0. The van der Waals surface area contributed by atoms with Crippen molar-refractivity contribution in [3.05, 3.63) is 70.0 Å². The number of fused-ring (bicyclic) bond motifs is 1. The molecule has 2 heterocycles. The maximum atomic E-state index is 12.9. The van der Waals surface area contributed by atoms with Gasteiger partial charge in [0.05, 0.1) is 12.1 Å². The van der Waals surface area contributed by atoms with E-state index in [2.05, 4.69) is 10.6 Å². The highest BCUT2D eigenvalue weighted by atomic mass is 16.6. The van der Waals surface area contributed by atoms with E-state index in [4.69, 9.17) is 9.47 Å². The molecule has 4 rings (SSSR count). The first-order chi connectivity index (χ1) is 15.7. The second-order valence-electron chi connectivity index (χ2n) is 8.45. The van der Waals surface area contributed by atoms with Gasteiger partial charge in [0.25, 0.3) is 5.91 Å². The zero-order chi connectivity index (χ0) is 23.7. The minimum atomic E-state index is -0.292. The standard InChI is InChI=1S/C26H29N3O4/c1-15-10-16(2)25(17(3)11-15)28-24(30)14-27-26(31)21-12-18(4)29(19(21)5)20-6-7-22-23(13-20)33-9-8-32-22/h6-7,10-13H,8-9,14H2,1-5H3,(H,27,31)(H,28,30). The number of amides is 2. The molecule has 2 aromatic carbocycles. The van der Waals surface area contributed by atoms with E-state index in [0.717, 1.165) is 45.2 Å². The predicted molar refractivity (Wildman–Crippen MR) is 128 cm³/mol. The molecular formula is C26H29N3O4. The first-order valence-electron chi connectivity index (χ1n) is 11.0. The third-order valence-electron chi connectivity index (χ3n) is 5.81. The quantitative estimate of drug-likeness (QED) is 0.615. The fourth-order valence-corrected chi connectivity index (χ4v) is 4.38. The van der Waals surface area contributed by atoms with E-state index in [1.165, 1.54) is 0 Å². The average molecular weight is 448 g/mol. The van der Waals surface area contributed by atoms with Crippen LogP contribution in [-0.4, -0.2) is 36.1 Å². The predicted octanol–water partition coefficient (Wildman–Crippen LogP) is 4.16. The molecule has 0 radical (unpaired) electrons. The van der Waals surface area contributed by atoms with Crippen molar-refractivity contribution in [2.45, 2.75) is 34.6 Å². The van der Waals surface area contributed by atoms with Gasteiger partial charge in [-0.15, -0.1) is 0 Å². The van der Waals surface area contributed by atoms with Gasteiger partial charge in [-0.2, -0.15) is 0 Å². The normalized spacial score (nSPS) is 12.4. The van der Waals surface area contributed by atoms with Gasteiger partial charge in [-0.25, -0.2) is 0 Å². The maximum Gasteiger partial charge on any atom is 0.253 e. The number of benzene rings is 2. The van der Waals surface area contributed by atoms with Crippen molar-refractivity contribution in [3.8, 4) is 17.2 Å². The van der Waals surface area contributed by atoms with Gasteiger partial charge in [0.15, 0.2) is 11.5 Å². The van der Waals surface area contributed by atoms with Crippen LogP contribution in [0.15, 0.2) is 36.4 Å². The molecular weight excluding hydrogens is 418 g/mol. The zero-order valence-corrected chi connectivity index (χ0v) is 19.7. The molecule has 0 unspecified atom stereocenters. The van der Waals surface area contributed by atoms with Gasteiger partial charge in [-0.3, -0.25) is 9.59 Å². The lowest BCUT2D eigenvalue weighted by molar-refractivity contribution is -0.115. The van der Waals surface area contributed by atoms with Crippen molar-refractivity contribution < 1.29 is 19.1 Å². The molecule has 0 bridgehead atoms. The molecule has 0 fully saturated rings. The minimum Gasteiger partial charge on any atom is -0.486 e. The van der Waals surface area contributed by atoms with Crippen molar-refractivity contribution in [1.29, 1.82) is 0 Å². The lowest BCUT2D eigenvalue weighted by atomic mass is 10.1. The van der Waals surface area contributed by atoms with Gasteiger partial charge in [-0.1, -0.05) is 17.7 Å². The van der Waals surface area contributed by atoms with E-state index in [-0.39, 0.29) is 18.4 Å². The van der Waals surface area contributed by atoms with Crippen molar-refractivity contribution in [2.24, 2.45) is 0 Å². The average Bonchev–Trinajstić information content (AvgIpc) is 3.08. The molecule has 1 aliphatic heterocycles. The molecule has 7 nitrogen and oxygen atoms in total. The van der Waals surface area contributed by atoms with E-state index >= 15 is 0 Å². The molecule has 0 aliphatic carbocycles. The largest absolute Gasteiger partial charge is 0.486 e. The Labute approximate surface area is 193 Å². The number of ether oxygens (including phenoxy) is 2. The summed E-state index contributed by atoms with van der Waals surface area (Å²) in [4.78, 5) is 25.4. The van der Waals surface area contributed by atoms with E-state index < -0.39 is 0 Å². The molecule has 7 heteroatoms. The van der Waals surface area contributed by atoms with Crippen LogP contribution in [0.4, 0.5) is 5.69 Å². The van der Waals surface area contributed by atoms with Crippen LogP contribution in [0.2, 0.25) is 0 Å². The summed E-state index contributed by atoms with van der Waals surface area (Å²) in [6, 6.07) is 11.6. The van der Waals surface area contributed by atoms with Crippen LogP contribution in [0.3, 0.4) is 0 Å². The Hall–Kier alpha value is -3.74. The monoisotopic (exact) mass is 447 g/mol. The van der Waals surface area contributed by atoms with Crippen LogP contribution in [0.5, 0.6) is 11.5 Å². The molecule has 2 N–H and O–H groups in total. The third kappa shape index (κ3) is 4.58.